The van der Waals surface area contributed by atoms with Crippen LogP contribution >= 0.6 is 0 Å². The average Bonchev–Trinajstić information content (AvgIpc) is 3.01. The lowest BCUT2D eigenvalue weighted by molar-refractivity contribution is 0.0957. The lowest BCUT2D eigenvalue weighted by Crippen LogP contribution is -2.22. The van der Waals surface area contributed by atoms with Gasteiger partial charge in [0.05, 0.1) is 5.69 Å². The molecule has 0 aliphatic heterocycles. The van der Waals surface area contributed by atoms with Crippen LogP contribution in [0.5, 0.6) is 0 Å². The van der Waals surface area contributed by atoms with Crippen molar-refractivity contribution in [1.29, 1.82) is 0 Å². The molecule has 0 fully saturated rings. The first-order chi connectivity index (χ1) is 10.2. The van der Waals surface area contributed by atoms with Gasteiger partial charge in [-0.05, 0) is 30.7 Å². The normalized spacial score (nSPS) is 12.1. The number of carbonyl (C=O) groups excluding carboxylic acids is 1. The van der Waals surface area contributed by atoms with Gasteiger partial charge in [0.25, 0.3) is 5.91 Å². The highest BCUT2D eigenvalue weighted by Gasteiger charge is 2.15. The summed E-state index contributed by atoms with van der Waals surface area (Å²) in [6, 6.07) is 10.1. The standard InChI is InChI=1S/C16H22N4O/c1-4-13(18-5-2)12-8-6-7-9-15(12)20-11-10-14(19-20)16(21)17-3/h6-11,13,18H,4-5H2,1-3H3,(H,17,21). The average molecular weight is 286 g/mol. The highest BCUT2D eigenvalue weighted by molar-refractivity contribution is 5.91. The molecule has 112 valence electrons. The van der Waals surface area contributed by atoms with Crippen molar-refractivity contribution >= 4 is 5.91 Å². The number of amides is 1. The first kappa shape index (κ1) is 15.3. The van der Waals surface area contributed by atoms with Gasteiger partial charge in [0.15, 0.2) is 5.69 Å². The Balaban J connectivity index is 2.39. The third-order valence-electron chi connectivity index (χ3n) is 3.47. The van der Waals surface area contributed by atoms with Crippen LogP contribution in [0.4, 0.5) is 0 Å². The van der Waals surface area contributed by atoms with Crippen LogP contribution < -0.4 is 10.6 Å². The Labute approximate surface area is 125 Å². The maximum absolute atomic E-state index is 11.6. The fraction of sp³-hybridized carbons (Fsp3) is 0.375. The number of nitrogens with one attached hydrogen (secondary N) is 2. The Kier molecular flexibility index (Phi) is 5.11. The van der Waals surface area contributed by atoms with Crippen LogP contribution in [-0.2, 0) is 0 Å². The Morgan fingerprint density at radius 1 is 1.29 bits per heavy atom. The lowest BCUT2D eigenvalue weighted by Gasteiger charge is -2.19. The van der Waals surface area contributed by atoms with Crippen molar-refractivity contribution < 1.29 is 4.79 Å². The van der Waals surface area contributed by atoms with E-state index in [-0.39, 0.29) is 11.9 Å². The minimum Gasteiger partial charge on any atom is -0.354 e. The summed E-state index contributed by atoms with van der Waals surface area (Å²) in [5, 5.41) is 10.4. The Hall–Kier alpha value is -2.14. The molecule has 0 saturated heterocycles. The van der Waals surface area contributed by atoms with Gasteiger partial charge in [0, 0.05) is 19.3 Å². The smallest absolute Gasteiger partial charge is 0.271 e. The Morgan fingerprint density at radius 3 is 2.71 bits per heavy atom. The van der Waals surface area contributed by atoms with E-state index in [1.54, 1.807) is 17.8 Å². The topological polar surface area (TPSA) is 59.0 Å². The van der Waals surface area contributed by atoms with Crippen LogP contribution in [0, 0.1) is 0 Å². The van der Waals surface area contributed by atoms with Crippen LogP contribution in [0.15, 0.2) is 36.5 Å². The van der Waals surface area contributed by atoms with Gasteiger partial charge < -0.3 is 10.6 Å². The molecule has 0 bridgehead atoms. The highest BCUT2D eigenvalue weighted by atomic mass is 16.1. The summed E-state index contributed by atoms with van der Waals surface area (Å²) in [5.41, 5.74) is 2.61. The minimum absolute atomic E-state index is 0.176. The Morgan fingerprint density at radius 2 is 2.05 bits per heavy atom. The number of carbonyl (C=O) groups is 1. The second-order valence-corrected chi connectivity index (χ2v) is 4.80. The molecule has 0 spiro atoms. The molecule has 0 aliphatic rings. The van der Waals surface area contributed by atoms with E-state index in [9.17, 15) is 4.79 Å². The van der Waals surface area contributed by atoms with E-state index >= 15 is 0 Å². The van der Waals surface area contributed by atoms with E-state index in [0.717, 1.165) is 18.7 Å². The SMILES string of the molecule is CCNC(CC)c1ccccc1-n1ccc(C(=O)NC)n1. The summed E-state index contributed by atoms with van der Waals surface area (Å²) in [6.45, 7) is 5.17. The Bertz CT molecular complexity index is 606. The predicted octanol–water partition coefficient (Wildman–Crippen LogP) is 2.29. The molecular weight excluding hydrogens is 264 g/mol. The van der Waals surface area contributed by atoms with Crippen molar-refractivity contribution in [1.82, 2.24) is 20.4 Å². The number of rotatable bonds is 6. The van der Waals surface area contributed by atoms with Crippen LogP contribution in [0.1, 0.15) is 42.4 Å². The number of benzene rings is 1. The number of para-hydroxylation sites is 1. The van der Waals surface area contributed by atoms with Crippen LogP contribution in [0.25, 0.3) is 5.69 Å². The lowest BCUT2D eigenvalue weighted by atomic mass is 10.0. The van der Waals surface area contributed by atoms with Crippen LogP contribution in [-0.4, -0.2) is 29.3 Å². The van der Waals surface area contributed by atoms with Crippen molar-refractivity contribution in [3.05, 3.63) is 47.8 Å². The van der Waals surface area contributed by atoms with Crippen LogP contribution in [0.3, 0.4) is 0 Å². The molecule has 5 nitrogen and oxygen atoms in total. The second-order valence-electron chi connectivity index (χ2n) is 4.80. The molecule has 0 saturated carbocycles. The van der Waals surface area contributed by atoms with Crippen LogP contribution in [0.2, 0.25) is 0 Å². The van der Waals surface area contributed by atoms with Crippen molar-refractivity contribution in [2.24, 2.45) is 0 Å². The molecule has 2 rings (SSSR count). The summed E-state index contributed by atoms with van der Waals surface area (Å²) in [4.78, 5) is 11.6. The molecule has 0 aliphatic carbocycles. The van der Waals surface area contributed by atoms with E-state index in [1.807, 2.05) is 24.4 Å². The molecule has 2 N–H and O–H groups in total. The van der Waals surface area contributed by atoms with Gasteiger partial charge in [-0.15, -0.1) is 0 Å². The van der Waals surface area contributed by atoms with E-state index in [2.05, 4.69) is 35.6 Å². The van der Waals surface area contributed by atoms with Gasteiger partial charge >= 0.3 is 0 Å². The molecular formula is C16H22N4O. The largest absolute Gasteiger partial charge is 0.354 e. The molecule has 1 atom stereocenters. The summed E-state index contributed by atoms with van der Waals surface area (Å²) >= 11 is 0. The van der Waals surface area contributed by atoms with Gasteiger partial charge in [-0.3, -0.25) is 4.79 Å². The third kappa shape index (κ3) is 3.31. The number of hydrogen-bond acceptors (Lipinski definition) is 3. The summed E-state index contributed by atoms with van der Waals surface area (Å²) < 4.78 is 1.76. The molecule has 1 aromatic carbocycles. The summed E-state index contributed by atoms with van der Waals surface area (Å²) in [5.74, 6) is -0.176. The van der Waals surface area contributed by atoms with E-state index in [4.69, 9.17) is 0 Å². The second kappa shape index (κ2) is 7.04. The quantitative estimate of drug-likeness (QED) is 0.856. The summed E-state index contributed by atoms with van der Waals surface area (Å²) in [7, 11) is 1.60. The summed E-state index contributed by atoms with van der Waals surface area (Å²) in [6.07, 6.45) is 2.82. The van der Waals surface area contributed by atoms with Crippen molar-refractivity contribution in [2.75, 3.05) is 13.6 Å². The minimum atomic E-state index is -0.176. The first-order valence-corrected chi connectivity index (χ1v) is 7.31. The maximum atomic E-state index is 11.6. The highest BCUT2D eigenvalue weighted by Crippen LogP contribution is 2.23. The van der Waals surface area contributed by atoms with Gasteiger partial charge in [0.2, 0.25) is 0 Å². The first-order valence-electron chi connectivity index (χ1n) is 7.31. The van der Waals surface area contributed by atoms with E-state index in [0.29, 0.717) is 5.69 Å². The molecule has 1 aromatic heterocycles. The fourth-order valence-corrected chi connectivity index (χ4v) is 2.42. The molecule has 1 unspecified atom stereocenters. The molecule has 0 radical (unpaired) electrons. The van der Waals surface area contributed by atoms with Gasteiger partial charge in [-0.25, -0.2) is 4.68 Å². The predicted molar refractivity (Wildman–Crippen MR) is 83.7 cm³/mol. The zero-order chi connectivity index (χ0) is 15.2. The van der Waals surface area contributed by atoms with Crippen molar-refractivity contribution in [3.8, 4) is 5.69 Å². The molecule has 2 aromatic rings. The zero-order valence-electron chi connectivity index (χ0n) is 12.8. The maximum Gasteiger partial charge on any atom is 0.271 e. The van der Waals surface area contributed by atoms with E-state index in [1.165, 1.54) is 5.56 Å². The molecule has 1 amide bonds. The van der Waals surface area contributed by atoms with E-state index < -0.39 is 0 Å². The number of hydrogen-bond donors (Lipinski definition) is 2. The van der Waals surface area contributed by atoms with Crippen molar-refractivity contribution in [3.63, 3.8) is 0 Å². The van der Waals surface area contributed by atoms with Gasteiger partial charge in [0.1, 0.15) is 0 Å². The molecule has 1 heterocycles. The molecule has 21 heavy (non-hydrogen) atoms. The number of aromatic nitrogens is 2. The molecule has 5 heteroatoms. The monoisotopic (exact) mass is 286 g/mol. The zero-order valence-corrected chi connectivity index (χ0v) is 12.8. The third-order valence-corrected chi connectivity index (χ3v) is 3.47. The van der Waals surface area contributed by atoms with Gasteiger partial charge in [-0.1, -0.05) is 32.0 Å². The fourth-order valence-electron chi connectivity index (χ4n) is 2.42. The van der Waals surface area contributed by atoms with Crippen molar-refractivity contribution in [2.45, 2.75) is 26.3 Å². The number of nitrogens with zero attached hydrogens (tertiary/aromatic N) is 2. The van der Waals surface area contributed by atoms with Gasteiger partial charge in [-0.2, -0.15) is 5.10 Å².